The van der Waals surface area contributed by atoms with Crippen LogP contribution in [-0.2, 0) is 4.79 Å². The van der Waals surface area contributed by atoms with Gasteiger partial charge in [-0.2, -0.15) is 0 Å². The molecule has 0 aromatic heterocycles. The zero-order chi connectivity index (χ0) is 7.11. The monoisotopic (exact) mass is 127 g/mol. The van der Waals surface area contributed by atoms with Gasteiger partial charge in [0.25, 0.3) is 0 Å². The lowest BCUT2D eigenvalue weighted by Gasteiger charge is -1.92. The van der Waals surface area contributed by atoms with E-state index < -0.39 is 0 Å². The van der Waals surface area contributed by atoms with Crippen molar-refractivity contribution < 1.29 is 4.79 Å². The number of rotatable bonds is 4. The molecular weight excluding hydrogens is 114 g/mol. The summed E-state index contributed by atoms with van der Waals surface area (Å²) in [5.74, 6) is 0.0820. The highest BCUT2D eigenvalue weighted by Gasteiger charge is 1.78. The van der Waals surface area contributed by atoms with Gasteiger partial charge in [0.15, 0.2) is 5.78 Å². The summed E-state index contributed by atoms with van der Waals surface area (Å²) in [6.45, 7) is 4.54. The highest BCUT2D eigenvalue weighted by molar-refractivity contribution is 5.87. The van der Waals surface area contributed by atoms with Crippen LogP contribution in [0.25, 0.3) is 0 Å². The lowest BCUT2D eigenvalue weighted by Crippen LogP contribution is -2.05. The third-order valence-corrected chi connectivity index (χ3v) is 0.830. The fraction of sp³-hybridized carbons (Fsp3) is 0.571. The number of allylic oxidation sites excluding steroid dienone is 1. The van der Waals surface area contributed by atoms with Crippen LogP contribution in [0.15, 0.2) is 12.3 Å². The van der Waals surface area contributed by atoms with Gasteiger partial charge < -0.3 is 5.32 Å². The Morgan fingerprint density at radius 3 is 2.78 bits per heavy atom. The Morgan fingerprint density at radius 2 is 2.33 bits per heavy atom. The molecule has 0 bridgehead atoms. The molecule has 1 N–H and O–H groups in total. The van der Waals surface area contributed by atoms with E-state index in [0.717, 1.165) is 13.0 Å². The molecule has 9 heavy (non-hydrogen) atoms. The number of hydrogen-bond acceptors (Lipinski definition) is 2. The third kappa shape index (κ3) is 7.21. The predicted molar refractivity (Wildman–Crippen MR) is 38.1 cm³/mol. The van der Waals surface area contributed by atoms with E-state index in [4.69, 9.17) is 0 Å². The van der Waals surface area contributed by atoms with Crippen LogP contribution < -0.4 is 5.32 Å². The molecule has 0 rings (SSSR count). The Morgan fingerprint density at radius 1 is 1.67 bits per heavy atom. The lowest BCUT2D eigenvalue weighted by molar-refractivity contribution is -0.112. The van der Waals surface area contributed by atoms with Crippen molar-refractivity contribution >= 4 is 5.78 Å². The molecule has 0 amide bonds. The number of nitrogens with one attached hydrogen (secondary N) is 1. The molecule has 0 saturated carbocycles. The molecule has 52 valence electrons. The Bertz CT molecular complexity index is 107. The summed E-state index contributed by atoms with van der Waals surface area (Å²) in [4.78, 5) is 10.3. The fourth-order valence-electron chi connectivity index (χ4n) is 0.404. The molecule has 0 spiro atoms. The molecule has 0 aromatic carbocycles. The van der Waals surface area contributed by atoms with E-state index in [1.165, 1.54) is 13.0 Å². The maximum atomic E-state index is 10.3. The van der Waals surface area contributed by atoms with Gasteiger partial charge in [0.1, 0.15) is 0 Å². The molecule has 2 heteroatoms. The molecule has 0 aromatic rings. The second-order valence-corrected chi connectivity index (χ2v) is 1.90. The van der Waals surface area contributed by atoms with Crippen LogP contribution in [0.3, 0.4) is 0 Å². The summed E-state index contributed by atoms with van der Waals surface area (Å²) in [5, 5.41) is 2.97. The van der Waals surface area contributed by atoms with Gasteiger partial charge in [0, 0.05) is 6.54 Å². The minimum atomic E-state index is 0.0820. The van der Waals surface area contributed by atoms with Crippen LogP contribution in [0, 0.1) is 0 Å². The standard InChI is InChI=1S/C7H13NO/c1-3-5-8-6-4-7(2)9/h4,6,8H,3,5H2,1-2H3/b6-4-. The normalized spacial score (nSPS) is 10.0. The van der Waals surface area contributed by atoms with E-state index in [1.54, 1.807) is 6.20 Å². The van der Waals surface area contributed by atoms with Gasteiger partial charge >= 0.3 is 0 Å². The number of ketones is 1. The van der Waals surface area contributed by atoms with Crippen molar-refractivity contribution in [2.45, 2.75) is 20.3 Å². The minimum Gasteiger partial charge on any atom is -0.391 e. The Hall–Kier alpha value is -0.790. The second kappa shape index (κ2) is 5.35. The molecular formula is C7H13NO. The van der Waals surface area contributed by atoms with E-state index in [9.17, 15) is 4.79 Å². The molecule has 0 atom stereocenters. The van der Waals surface area contributed by atoms with Crippen LogP contribution in [-0.4, -0.2) is 12.3 Å². The minimum absolute atomic E-state index is 0.0820. The summed E-state index contributed by atoms with van der Waals surface area (Å²) in [6, 6.07) is 0. The second-order valence-electron chi connectivity index (χ2n) is 1.90. The smallest absolute Gasteiger partial charge is 0.154 e. The molecule has 0 aliphatic rings. The summed E-state index contributed by atoms with van der Waals surface area (Å²) in [5.41, 5.74) is 0. The van der Waals surface area contributed by atoms with Crippen LogP contribution in [0.4, 0.5) is 0 Å². The topological polar surface area (TPSA) is 29.1 Å². The zero-order valence-electron chi connectivity index (χ0n) is 5.98. The quantitative estimate of drug-likeness (QED) is 0.452. The van der Waals surface area contributed by atoms with Crippen LogP contribution >= 0.6 is 0 Å². The van der Waals surface area contributed by atoms with Gasteiger partial charge in [-0.05, 0) is 25.6 Å². The van der Waals surface area contributed by atoms with Gasteiger partial charge in [-0.25, -0.2) is 0 Å². The Balaban J connectivity index is 3.15. The molecule has 0 heterocycles. The van der Waals surface area contributed by atoms with Crippen molar-refractivity contribution in [3.63, 3.8) is 0 Å². The molecule has 0 saturated heterocycles. The van der Waals surface area contributed by atoms with Crippen molar-refractivity contribution in [2.75, 3.05) is 6.54 Å². The van der Waals surface area contributed by atoms with Crippen LogP contribution in [0.2, 0.25) is 0 Å². The van der Waals surface area contributed by atoms with Crippen molar-refractivity contribution in [3.8, 4) is 0 Å². The van der Waals surface area contributed by atoms with E-state index in [0.29, 0.717) is 0 Å². The summed E-state index contributed by atoms with van der Waals surface area (Å²) in [6.07, 6.45) is 4.30. The summed E-state index contributed by atoms with van der Waals surface area (Å²) >= 11 is 0. The van der Waals surface area contributed by atoms with E-state index in [1.807, 2.05) is 0 Å². The highest BCUT2D eigenvalue weighted by atomic mass is 16.1. The van der Waals surface area contributed by atoms with E-state index >= 15 is 0 Å². The molecule has 2 nitrogen and oxygen atoms in total. The molecule has 0 aliphatic heterocycles. The maximum absolute atomic E-state index is 10.3. The predicted octanol–water partition coefficient (Wildman–Crippen LogP) is 1.09. The van der Waals surface area contributed by atoms with Crippen LogP contribution in [0.5, 0.6) is 0 Å². The van der Waals surface area contributed by atoms with Gasteiger partial charge in [-0.3, -0.25) is 4.79 Å². The first-order valence-electron chi connectivity index (χ1n) is 3.18. The van der Waals surface area contributed by atoms with Gasteiger partial charge in [0.2, 0.25) is 0 Å². The first-order valence-corrected chi connectivity index (χ1v) is 3.18. The Kier molecular flexibility index (Phi) is 4.88. The number of hydrogen-bond donors (Lipinski definition) is 1. The van der Waals surface area contributed by atoms with Crippen LogP contribution in [0.1, 0.15) is 20.3 Å². The first-order chi connectivity index (χ1) is 4.27. The molecule has 0 aliphatic carbocycles. The van der Waals surface area contributed by atoms with Crippen molar-refractivity contribution in [2.24, 2.45) is 0 Å². The van der Waals surface area contributed by atoms with E-state index in [-0.39, 0.29) is 5.78 Å². The summed E-state index contributed by atoms with van der Waals surface area (Å²) < 4.78 is 0. The fourth-order valence-corrected chi connectivity index (χ4v) is 0.404. The first kappa shape index (κ1) is 8.21. The van der Waals surface area contributed by atoms with Gasteiger partial charge in [-0.1, -0.05) is 6.92 Å². The molecule has 0 fully saturated rings. The zero-order valence-corrected chi connectivity index (χ0v) is 5.98. The largest absolute Gasteiger partial charge is 0.391 e. The SMILES string of the molecule is CCCN/C=C\C(C)=O. The van der Waals surface area contributed by atoms with Gasteiger partial charge in [0.05, 0.1) is 0 Å². The Labute approximate surface area is 56.0 Å². The van der Waals surface area contributed by atoms with Gasteiger partial charge in [-0.15, -0.1) is 0 Å². The highest BCUT2D eigenvalue weighted by Crippen LogP contribution is 1.72. The average molecular weight is 127 g/mol. The molecule has 0 radical (unpaired) electrons. The average Bonchev–Trinajstić information content (AvgIpc) is 1.80. The number of carbonyl (C=O) groups excluding carboxylic acids is 1. The summed E-state index contributed by atoms with van der Waals surface area (Å²) in [7, 11) is 0. The maximum Gasteiger partial charge on any atom is 0.154 e. The molecule has 0 unspecified atom stereocenters. The van der Waals surface area contributed by atoms with E-state index in [2.05, 4.69) is 12.2 Å². The number of carbonyl (C=O) groups is 1. The van der Waals surface area contributed by atoms with Crippen molar-refractivity contribution in [3.05, 3.63) is 12.3 Å². The third-order valence-electron chi connectivity index (χ3n) is 0.830. The lowest BCUT2D eigenvalue weighted by atomic mass is 10.4. The van der Waals surface area contributed by atoms with Crippen molar-refractivity contribution in [1.82, 2.24) is 5.32 Å². The van der Waals surface area contributed by atoms with Crippen molar-refractivity contribution in [1.29, 1.82) is 0 Å².